The smallest absolute Gasteiger partial charge is 0.252 e. The maximum atomic E-state index is 12.3. The lowest BCUT2D eigenvalue weighted by Crippen LogP contribution is -2.36. The van der Waals surface area contributed by atoms with Crippen molar-refractivity contribution in [2.75, 3.05) is 26.7 Å². The van der Waals surface area contributed by atoms with Crippen molar-refractivity contribution in [2.45, 2.75) is 19.4 Å². The first-order valence-electron chi connectivity index (χ1n) is 6.80. The number of carbonyl (C=O) groups is 1. The van der Waals surface area contributed by atoms with E-state index in [9.17, 15) is 4.79 Å². The summed E-state index contributed by atoms with van der Waals surface area (Å²) >= 11 is 0. The number of aryl methyl sites for hydroxylation is 1. The first kappa shape index (κ1) is 14.6. The van der Waals surface area contributed by atoms with Crippen LogP contribution in [0.15, 0.2) is 18.2 Å². The Bertz CT molecular complexity index is 557. The van der Waals surface area contributed by atoms with Crippen molar-refractivity contribution >= 4 is 5.91 Å². The lowest BCUT2D eigenvalue weighted by molar-refractivity contribution is 0.0938. The molecule has 106 valence electrons. The molecule has 2 N–H and O–H groups in total. The van der Waals surface area contributed by atoms with Crippen LogP contribution in [0.25, 0.3) is 0 Å². The Kier molecular flexibility index (Phi) is 4.78. The van der Waals surface area contributed by atoms with Crippen LogP contribution in [0, 0.1) is 18.8 Å². The average Bonchev–Trinajstić information content (AvgIpc) is 2.81. The third-order valence-electron chi connectivity index (χ3n) is 3.45. The number of hydrogen-bond donors (Lipinski definition) is 2. The van der Waals surface area contributed by atoms with Gasteiger partial charge >= 0.3 is 0 Å². The quantitative estimate of drug-likeness (QED) is 0.782. The molecule has 4 heteroatoms. The number of likely N-dealkylation sites (tertiary alicyclic amines) is 1. The van der Waals surface area contributed by atoms with Gasteiger partial charge in [-0.2, -0.15) is 0 Å². The summed E-state index contributed by atoms with van der Waals surface area (Å²) in [6.45, 7) is 3.64. The molecule has 0 aromatic heterocycles. The highest BCUT2D eigenvalue weighted by Gasteiger charge is 2.22. The molecular formula is C16H20N2O2. The maximum Gasteiger partial charge on any atom is 0.252 e. The molecule has 0 saturated carbocycles. The second-order valence-corrected chi connectivity index (χ2v) is 5.23. The van der Waals surface area contributed by atoms with Crippen LogP contribution in [-0.4, -0.2) is 48.7 Å². The molecule has 0 spiro atoms. The van der Waals surface area contributed by atoms with Crippen LogP contribution in [0.5, 0.6) is 0 Å². The van der Waals surface area contributed by atoms with Crippen LogP contribution in [-0.2, 0) is 0 Å². The van der Waals surface area contributed by atoms with Gasteiger partial charge in [-0.1, -0.05) is 17.9 Å². The van der Waals surface area contributed by atoms with Gasteiger partial charge in [0.2, 0.25) is 0 Å². The van der Waals surface area contributed by atoms with Crippen LogP contribution >= 0.6 is 0 Å². The number of carbonyl (C=O) groups excluding carboxylic acids is 1. The van der Waals surface area contributed by atoms with Gasteiger partial charge in [0.1, 0.15) is 6.61 Å². The third-order valence-corrected chi connectivity index (χ3v) is 3.45. The minimum absolute atomic E-state index is 0.0902. The molecule has 1 atom stereocenters. The number of aliphatic hydroxyl groups excluding tert-OH is 1. The fourth-order valence-corrected chi connectivity index (χ4v) is 2.41. The van der Waals surface area contributed by atoms with E-state index in [1.54, 1.807) is 6.07 Å². The third kappa shape index (κ3) is 3.60. The summed E-state index contributed by atoms with van der Waals surface area (Å²) in [6, 6.07) is 5.77. The molecule has 1 amide bonds. The van der Waals surface area contributed by atoms with E-state index in [4.69, 9.17) is 5.11 Å². The van der Waals surface area contributed by atoms with Crippen molar-refractivity contribution in [3.63, 3.8) is 0 Å². The van der Waals surface area contributed by atoms with Crippen molar-refractivity contribution in [1.82, 2.24) is 10.2 Å². The van der Waals surface area contributed by atoms with E-state index in [-0.39, 0.29) is 18.6 Å². The minimum Gasteiger partial charge on any atom is -0.384 e. The molecule has 1 fully saturated rings. The van der Waals surface area contributed by atoms with Gasteiger partial charge in [0.25, 0.3) is 5.91 Å². The zero-order valence-electron chi connectivity index (χ0n) is 11.9. The largest absolute Gasteiger partial charge is 0.384 e. The van der Waals surface area contributed by atoms with E-state index >= 15 is 0 Å². The Morgan fingerprint density at radius 3 is 3.00 bits per heavy atom. The maximum absolute atomic E-state index is 12.3. The topological polar surface area (TPSA) is 52.6 Å². The van der Waals surface area contributed by atoms with E-state index in [2.05, 4.69) is 29.1 Å². The molecule has 1 saturated heterocycles. The molecule has 1 heterocycles. The summed E-state index contributed by atoms with van der Waals surface area (Å²) in [7, 11) is 2.05. The first-order valence-corrected chi connectivity index (χ1v) is 6.80. The molecule has 4 nitrogen and oxygen atoms in total. The van der Waals surface area contributed by atoms with Crippen molar-refractivity contribution in [3.05, 3.63) is 34.9 Å². The average molecular weight is 272 g/mol. The van der Waals surface area contributed by atoms with Gasteiger partial charge in [0.05, 0.1) is 5.56 Å². The van der Waals surface area contributed by atoms with Gasteiger partial charge in [0, 0.05) is 18.2 Å². The van der Waals surface area contributed by atoms with Crippen molar-refractivity contribution in [2.24, 2.45) is 0 Å². The molecule has 1 aliphatic rings. The predicted octanol–water partition coefficient (Wildman–Crippen LogP) is 0.773. The van der Waals surface area contributed by atoms with E-state index in [0.29, 0.717) is 11.1 Å². The number of benzene rings is 1. The highest BCUT2D eigenvalue weighted by Crippen LogP contribution is 2.13. The molecule has 0 aliphatic carbocycles. The van der Waals surface area contributed by atoms with E-state index < -0.39 is 0 Å². The van der Waals surface area contributed by atoms with Crippen LogP contribution in [0.3, 0.4) is 0 Å². The minimum atomic E-state index is -0.206. The Labute approximate surface area is 119 Å². The Hall–Kier alpha value is -1.83. The molecule has 1 aromatic rings. The monoisotopic (exact) mass is 272 g/mol. The van der Waals surface area contributed by atoms with Crippen LogP contribution in [0.2, 0.25) is 0 Å². The number of aliphatic hydroxyl groups is 1. The summed E-state index contributed by atoms with van der Waals surface area (Å²) < 4.78 is 0. The lowest BCUT2D eigenvalue weighted by atomic mass is 10.0. The van der Waals surface area contributed by atoms with Crippen LogP contribution in [0.1, 0.15) is 27.9 Å². The Morgan fingerprint density at radius 1 is 1.55 bits per heavy atom. The van der Waals surface area contributed by atoms with Gasteiger partial charge in [-0.15, -0.1) is 0 Å². The molecule has 1 aromatic carbocycles. The summed E-state index contributed by atoms with van der Waals surface area (Å²) in [4.78, 5) is 14.5. The number of hydrogen-bond acceptors (Lipinski definition) is 3. The van der Waals surface area contributed by atoms with Gasteiger partial charge in [0.15, 0.2) is 0 Å². The van der Waals surface area contributed by atoms with Crippen molar-refractivity contribution < 1.29 is 9.90 Å². The molecule has 2 rings (SSSR count). The molecule has 1 unspecified atom stereocenters. The fraction of sp³-hybridized carbons (Fsp3) is 0.438. The SMILES string of the molecule is Cc1ccc(C(=O)NC2CCN(C)C2)c(C#CCO)c1. The second-order valence-electron chi connectivity index (χ2n) is 5.23. The number of nitrogens with zero attached hydrogens (tertiary/aromatic N) is 1. The van der Waals surface area contributed by atoms with Crippen molar-refractivity contribution in [3.8, 4) is 11.8 Å². The molecule has 20 heavy (non-hydrogen) atoms. The molecular weight excluding hydrogens is 252 g/mol. The predicted molar refractivity (Wildman–Crippen MR) is 78.5 cm³/mol. The Morgan fingerprint density at radius 2 is 2.35 bits per heavy atom. The van der Waals surface area contributed by atoms with Crippen LogP contribution < -0.4 is 5.32 Å². The van der Waals surface area contributed by atoms with Gasteiger partial charge in [-0.05, 0) is 44.6 Å². The number of rotatable bonds is 2. The number of nitrogens with one attached hydrogen (secondary N) is 1. The summed E-state index contributed by atoms with van der Waals surface area (Å²) in [6.07, 6.45) is 0.978. The highest BCUT2D eigenvalue weighted by molar-refractivity contribution is 5.97. The van der Waals surface area contributed by atoms with E-state index in [1.807, 2.05) is 19.1 Å². The number of amides is 1. The number of likely N-dealkylation sites (N-methyl/N-ethyl adjacent to an activating group) is 1. The van der Waals surface area contributed by atoms with Gasteiger partial charge in [-0.25, -0.2) is 0 Å². The summed E-state index contributed by atoms with van der Waals surface area (Å²) in [5.41, 5.74) is 2.29. The second kappa shape index (κ2) is 6.56. The van der Waals surface area contributed by atoms with Crippen LogP contribution in [0.4, 0.5) is 0 Å². The van der Waals surface area contributed by atoms with Gasteiger partial charge in [-0.3, -0.25) is 4.79 Å². The van der Waals surface area contributed by atoms with E-state index in [1.165, 1.54) is 0 Å². The zero-order valence-corrected chi connectivity index (χ0v) is 11.9. The first-order chi connectivity index (χ1) is 9.60. The normalized spacial score (nSPS) is 18.4. The summed E-state index contributed by atoms with van der Waals surface area (Å²) in [5.74, 6) is 5.36. The van der Waals surface area contributed by atoms with Crippen molar-refractivity contribution in [1.29, 1.82) is 0 Å². The standard InChI is InChI=1S/C16H20N2O2/c1-12-5-6-15(13(10-12)4-3-9-19)16(20)17-14-7-8-18(2)11-14/h5-6,10,14,19H,7-9,11H2,1-2H3,(H,17,20). The lowest BCUT2D eigenvalue weighted by Gasteiger charge is -2.14. The van der Waals surface area contributed by atoms with E-state index in [0.717, 1.165) is 25.1 Å². The fourth-order valence-electron chi connectivity index (χ4n) is 2.41. The molecule has 1 aliphatic heterocycles. The zero-order chi connectivity index (χ0) is 14.5. The highest BCUT2D eigenvalue weighted by atomic mass is 16.2. The molecule has 0 radical (unpaired) electrons. The summed E-state index contributed by atoms with van der Waals surface area (Å²) in [5, 5.41) is 11.9. The molecule has 0 bridgehead atoms. The Balaban J connectivity index is 2.16. The van der Waals surface area contributed by atoms with Gasteiger partial charge < -0.3 is 15.3 Å².